The number of nitrogens with one attached hydrogen (secondary N) is 1. The maximum absolute atomic E-state index is 11.8. The molecule has 0 bridgehead atoms. The highest BCUT2D eigenvalue weighted by atomic mass is 32.1. The minimum absolute atomic E-state index is 0.0560. The van der Waals surface area contributed by atoms with Gasteiger partial charge in [-0.05, 0) is 18.4 Å². The first-order valence-corrected chi connectivity index (χ1v) is 6.94. The van der Waals surface area contributed by atoms with Crippen molar-refractivity contribution < 1.29 is 9.53 Å². The lowest BCUT2D eigenvalue weighted by molar-refractivity contribution is -0.120. The number of hydrogen-bond acceptors (Lipinski definition) is 3. The SMILES string of the molecule is C=CCCOCCNC(=O)C(S)Cc1ccccc1. The summed E-state index contributed by atoms with van der Waals surface area (Å²) in [6, 6.07) is 9.86. The van der Waals surface area contributed by atoms with E-state index in [1.807, 2.05) is 36.4 Å². The van der Waals surface area contributed by atoms with E-state index in [2.05, 4.69) is 24.5 Å². The average Bonchev–Trinajstić information content (AvgIpc) is 2.43. The topological polar surface area (TPSA) is 38.3 Å². The Morgan fingerprint density at radius 1 is 1.37 bits per heavy atom. The fourth-order valence-corrected chi connectivity index (χ4v) is 1.87. The van der Waals surface area contributed by atoms with E-state index in [4.69, 9.17) is 4.74 Å². The van der Waals surface area contributed by atoms with Crippen LogP contribution in [0.3, 0.4) is 0 Å². The van der Waals surface area contributed by atoms with Crippen LogP contribution < -0.4 is 5.32 Å². The molecular formula is C15H21NO2S. The largest absolute Gasteiger partial charge is 0.379 e. The fourth-order valence-electron chi connectivity index (χ4n) is 1.56. The first-order valence-electron chi connectivity index (χ1n) is 6.42. The molecule has 1 amide bonds. The third-order valence-electron chi connectivity index (χ3n) is 2.59. The summed E-state index contributed by atoms with van der Waals surface area (Å²) in [5, 5.41) is 2.49. The van der Waals surface area contributed by atoms with Crippen LogP contribution in [0.5, 0.6) is 0 Å². The van der Waals surface area contributed by atoms with E-state index in [1.165, 1.54) is 0 Å². The Bertz CT molecular complexity index is 381. The number of rotatable bonds is 9. The van der Waals surface area contributed by atoms with Crippen molar-refractivity contribution in [3.05, 3.63) is 48.6 Å². The molecule has 0 saturated carbocycles. The molecule has 1 aromatic carbocycles. The molecule has 19 heavy (non-hydrogen) atoms. The Kier molecular flexibility index (Phi) is 8.02. The zero-order valence-electron chi connectivity index (χ0n) is 11.0. The van der Waals surface area contributed by atoms with Gasteiger partial charge in [-0.25, -0.2) is 0 Å². The van der Waals surface area contributed by atoms with Crippen molar-refractivity contribution in [2.75, 3.05) is 19.8 Å². The Hall–Kier alpha value is -1.26. The third-order valence-corrected chi connectivity index (χ3v) is 3.00. The summed E-state index contributed by atoms with van der Waals surface area (Å²) < 4.78 is 5.31. The van der Waals surface area contributed by atoms with Crippen molar-refractivity contribution >= 4 is 18.5 Å². The van der Waals surface area contributed by atoms with Gasteiger partial charge in [-0.2, -0.15) is 12.6 Å². The van der Waals surface area contributed by atoms with Crippen molar-refractivity contribution in [1.29, 1.82) is 0 Å². The molecule has 0 fully saturated rings. The van der Waals surface area contributed by atoms with Crippen molar-refractivity contribution in [3.8, 4) is 0 Å². The van der Waals surface area contributed by atoms with E-state index >= 15 is 0 Å². The van der Waals surface area contributed by atoms with Crippen LogP contribution in [0.4, 0.5) is 0 Å². The summed E-state index contributed by atoms with van der Waals surface area (Å²) >= 11 is 4.33. The third kappa shape index (κ3) is 7.03. The van der Waals surface area contributed by atoms with Gasteiger partial charge in [0.25, 0.3) is 0 Å². The minimum atomic E-state index is -0.324. The van der Waals surface area contributed by atoms with Crippen LogP contribution in [-0.2, 0) is 16.0 Å². The van der Waals surface area contributed by atoms with Crippen LogP contribution in [0, 0.1) is 0 Å². The van der Waals surface area contributed by atoms with Gasteiger partial charge in [-0.1, -0.05) is 36.4 Å². The first kappa shape index (κ1) is 15.8. The highest BCUT2D eigenvalue weighted by molar-refractivity contribution is 7.81. The minimum Gasteiger partial charge on any atom is -0.379 e. The van der Waals surface area contributed by atoms with Crippen LogP contribution in [0.2, 0.25) is 0 Å². The number of carbonyl (C=O) groups is 1. The normalized spacial score (nSPS) is 11.8. The summed E-state index contributed by atoms with van der Waals surface area (Å²) in [5.74, 6) is -0.0560. The van der Waals surface area contributed by atoms with Gasteiger partial charge in [0.15, 0.2) is 0 Å². The van der Waals surface area contributed by atoms with Crippen LogP contribution >= 0.6 is 12.6 Å². The summed E-state index contributed by atoms with van der Waals surface area (Å²) in [6.07, 6.45) is 3.27. The van der Waals surface area contributed by atoms with E-state index in [0.717, 1.165) is 12.0 Å². The van der Waals surface area contributed by atoms with Gasteiger partial charge < -0.3 is 10.1 Å². The fraction of sp³-hybridized carbons (Fsp3) is 0.400. The van der Waals surface area contributed by atoms with E-state index in [-0.39, 0.29) is 11.2 Å². The van der Waals surface area contributed by atoms with E-state index in [1.54, 1.807) is 0 Å². The van der Waals surface area contributed by atoms with Gasteiger partial charge >= 0.3 is 0 Å². The Balaban J connectivity index is 2.16. The lowest BCUT2D eigenvalue weighted by Crippen LogP contribution is -2.35. The van der Waals surface area contributed by atoms with Crippen molar-refractivity contribution in [3.63, 3.8) is 0 Å². The monoisotopic (exact) mass is 279 g/mol. The molecule has 1 N–H and O–H groups in total. The molecule has 1 unspecified atom stereocenters. The first-order chi connectivity index (χ1) is 9.24. The van der Waals surface area contributed by atoms with Crippen molar-refractivity contribution in [2.24, 2.45) is 0 Å². The molecule has 0 spiro atoms. The molecule has 0 radical (unpaired) electrons. The number of hydrogen-bond donors (Lipinski definition) is 2. The Morgan fingerprint density at radius 2 is 2.11 bits per heavy atom. The van der Waals surface area contributed by atoms with Gasteiger partial charge in [0.1, 0.15) is 0 Å². The van der Waals surface area contributed by atoms with Crippen LogP contribution in [0.1, 0.15) is 12.0 Å². The zero-order chi connectivity index (χ0) is 13.9. The molecular weight excluding hydrogens is 258 g/mol. The standard InChI is InChI=1S/C15H21NO2S/c1-2-3-10-18-11-9-16-15(17)14(19)12-13-7-5-4-6-8-13/h2,4-8,14,19H,1,3,9-12H2,(H,16,17). The summed E-state index contributed by atoms with van der Waals surface area (Å²) in [7, 11) is 0. The van der Waals surface area contributed by atoms with Crippen LogP contribution in [-0.4, -0.2) is 30.9 Å². The van der Waals surface area contributed by atoms with Gasteiger partial charge in [-0.15, -0.1) is 6.58 Å². The lowest BCUT2D eigenvalue weighted by atomic mass is 10.1. The Morgan fingerprint density at radius 3 is 2.79 bits per heavy atom. The second-order valence-corrected chi connectivity index (χ2v) is 4.81. The second kappa shape index (κ2) is 9.64. The smallest absolute Gasteiger partial charge is 0.233 e. The maximum atomic E-state index is 11.8. The summed E-state index contributed by atoms with van der Waals surface area (Å²) in [5.41, 5.74) is 1.11. The predicted octanol–water partition coefficient (Wildman–Crippen LogP) is 2.24. The molecule has 1 rings (SSSR count). The number of benzene rings is 1. The number of amides is 1. The summed E-state index contributed by atoms with van der Waals surface area (Å²) in [6.45, 7) is 5.29. The molecule has 0 aliphatic carbocycles. The molecule has 0 aliphatic rings. The van der Waals surface area contributed by atoms with Crippen LogP contribution in [0.25, 0.3) is 0 Å². The molecule has 1 aromatic rings. The second-order valence-electron chi connectivity index (χ2n) is 4.19. The van der Waals surface area contributed by atoms with E-state index < -0.39 is 0 Å². The van der Waals surface area contributed by atoms with Gasteiger partial charge in [0, 0.05) is 6.54 Å². The predicted molar refractivity (Wildman–Crippen MR) is 81.6 cm³/mol. The maximum Gasteiger partial charge on any atom is 0.233 e. The van der Waals surface area contributed by atoms with E-state index in [9.17, 15) is 4.79 Å². The molecule has 0 aliphatic heterocycles. The van der Waals surface area contributed by atoms with Crippen molar-refractivity contribution in [1.82, 2.24) is 5.32 Å². The molecule has 0 heterocycles. The Labute approximate surface area is 120 Å². The molecule has 1 atom stereocenters. The quantitative estimate of drug-likeness (QED) is 0.413. The van der Waals surface area contributed by atoms with Crippen molar-refractivity contribution in [2.45, 2.75) is 18.1 Å². The highest BCUT2D eigenvalue weighted by Crippen LogP contribution is 2.07. The van der Waals surface area contributed by atoms with Gasteiger partial charge in [0.05, 0.1) is 18.5 Å². The molecule has 0 saturated heterocycles. The number of thiol groups is 1. The summed E-state index contributed by atoms with van der Waals surface area (Å²) in [4.78, 5) is 11.8. The molecule has 104 valence electrons. The van der Waals surface area contributed by atoms with E-state index in [0.29, 0.717) is 26.2 Å². The average molecular weight is 279 g/mol. The molecule has 3 nitrogen and oxygen atoms in total. The number of ether oxygens (including phenoxy) is 1. The van der Waals surface area contributed by atoms with Gasteiger partial charge in [-0.3, -0.25) is 4.79 Å². The number of carbonyl (C=O) groups excluding carboxylic acids is 1. The zero-order valence-corrected chi connectivity index (χ0v) is 11.9. The lowest BCUT2D eigenvalue weighted by Gasteiger charge is -2.11. The molecule has 0 aromatic heterocycles. The van der Waals surface area contributed by atoms with Crippen LogP contribution in [0.15, 0.2) is 43.0 Å². The highest BCUT2D eigenvalue weighted by Gasteiger charge is 2.13. The molecule has 4 heteroatoms. The van der Waals surface area contributed by atoms with Gasteiger partial charge in [0.2, 0.25) is 5.91 Å².